The number of ether oxygens (including phenoxy) is 2. The molecule has 1 N–H and O–H groups in total. The summed E-state index contributed by atoms with van der Waals surface area (Å²) in [7, 11) is -1.49. The van der Waals surface area contributed by atoms with E-state index in [2.05, 4.69) is 14.7 Å². The summed E-state index contributed by atoms with van der Waals surface area (Å²) < 4.78 is 53.0. The van der Waals surface area contributed by atoms with Gasteiger partial charge in [0.05, 0.1) is 25.4 Å². The Morgan fingerprint density at radius 3 is 2.52 bits per heavy atom. The Bertz CT molecular complexity index is 1540. The molecule has 0 atom stereocenters. The van der Waals surface area contributed by atoms with Crippen LogP contribution < -0.4 is 19.8 Å². The fourth-order valence-corrected chi connectivity index (χ4v) is 4.69. The van der Waals surface area contributed by atoms with Crippen LogP contribution in [0.4, 0.5) is 10.1 Å². The molecule has 3 aromatic heterocycles. The fourth-order valence-electron chi connectivity index (χ4n) is 3.11. The maximum atomic E-state index is 13.3. The Hall–Kier alpha value is -3.70. The molecule has 0 amide bonds. The van der Waals surface area contributed by atoms with Gasteiger partial charge in [-0.1, -0.05) is 11.6 Å². The van der Waals surface area contributed by atoms with Crippen molar-refractivity contribution in [2.24, 2.45) is 0 Å². The van der Waals surface area contributed by atoms with Crippen LogP contribution >= 0.6 is 11.6 Å². The third-order valence-corrected chi connectivity index (χ3v) is 6.54. The minimum atomic E-state index is -4.19. The number of rotatable bonds is 6. The molecule has 0 spiro atoms. The topological polar surface area (TPSA) is 112 Å². The van der Waals surface area contributed by atoms with Crippen molar-refractivity contribution in [1.82, 2.24) is 14.4 Å². The molecule has 12 heteroatoms. The van der Waals surface area contributed by atoms with Crippen LogP contribution in [0.2, 0.25) is 5.02 Å². The van der Waals surface area contributed by atoms with Gasteiger partial charge in [-0.05, 0) is 36.4 Å². The summed E-state index contributed by atoms with van der Waals surface area (Å²) in [5, 5.41) is -0.277. The first-order valence-corrected chi connectivity index (χ1v) is 11.2. The van der Waals surface area contributed by atoms with Crippen LogP contribution in [0.15, 0.2) is 64.7 Å². The van der Waals surface area contributed by atoms with E-state index in [4.69, 9.17) is 21.1 Å². The second-order valence-corrected chi connectivity index (χ2v) is 8.80. The number of aromatic nitrogens is 3. The number of anilines is 1. The molecule has 3 heterocycles. The number of halogens is 2. The van der Waals surface area contributed by atoms with E-state index in [1.165, 1.54) is 43.3 Å². The van der Waals surface area contributed by atoms with Crippen molar-refractivity contribution < 1.29 is 22.3 Å². The van der Waals surface area contributed by atoms with Crippen molar-refractivity contribution in [3.8, 4) is 22.8 Å². The molecule has 0 saturated heterocycles. The predicted octanol–water partition coefficient (Wildman–Crippen LogP) is 3.37. The smallest absolute Gasteiger partial charge is 0.300 e. The summed E-state index contributed by atoms with van der Waals surface area (Å²) in [5.41, 5.74) is 1.05. The zero-order valence-electron chi connectivity index (χ0n) is 17.2. The van der Waals surface area contributed by atoms with Crippen LogP contribution in [0.1, 0.15) is 0 Å². The van der Waals surface area contributed by atoms with E-state index in [0.29, 0.717) is 16.8 Å². The van der Waals surface area contributed by atoms with E-state index in [0.717, 1.165) is 18.2 Å². The first kappa shape index (κ1) is 22.5. The van der Waals surface area contributed by atoms with E-state index in [1.807, 2.05) is 0 Å². The lowest BCUT2D eigenvalue weighted by Crippen LogP contribution is -2.16. The molecule has 0 aliphatic carbocycles. The Labute approximate surface area is 192 Å². The van der Waals surface area contributed by atoms with Gasteiger partial charge in [-0.3, -0.25) is 13.9 Å². The third kappa shape index (κ3) is 4.32. The summed E-state index contributed by atoms with van der Waals surface area (Å²) >= 11 is 5.92. The molecule has 0 unspecified atom stereocenters. The van der Waals surface area contributed by atoms with E-state index in [9.17, 15) is 17.6 Å². The van der Waals surface area contributed by atoms with Crippen LogP contribution in [-0.2, 0) is 10.0 Å². The second-order valence-electron chi connectivity index (χ2n) is 6.74. The third-order valence-electron chi connectivity index (χ3n) is 4.70. The number of nitrogens with one attached hydrogen (secondary N) is 1. The fraction of sp³-hybridized carbons (Fsp3) is 0.0952. The lowest BCUT2D eigenvalue weighted by molar-refractivity contribution is 0.400. The molecule has 1 aromatic carbocycles. The van der Waals surface area contributed by atoms with Crippen molar-refractivity contribution in [3.05, 3.63) is 76.2 Å². The Morgan fingerprint density at radius 2 is 1.82 bits per heavy atom. The standard InChI is InChI=1S/C21H16ClFN4O5S/c1-31-17-10-24-19-6-3-12(11-27(19)21(17)28)13-7-16(20(32-2)25-9-13)26-33(29,30)18-5-4-14(23)8-15(18)22/h3-11,26H,1-2H3. The van der Waals surface area contributed by atoms with Gasteiger partial charge in [0, 0.05) is 23.5 Å². The molecule has 0 radical (unpaired) electrons. The molecule has 0 saturated carbocycles. The minimum absolute atomic E-state index is 0.00171. The van der Waals surface area contributed by atoms with Crippen LogP contribution in [-0.4, -0.2) is 37.0 Å². The number of fused-ring (bicyclic) bond motifs is 1. The zero-order chi connectivity index (χ0) is 23.8. The molecule has 170 valence electrons. The van der Waals surface area contributed by atoms with Crippen molar-refractivity contribution in [2.45, 2.75) is 4.90 Å². The molecule has 33 heavy (non-hydrogen) atoms. The highest BCUT2D eigenvalue weighted by Crippen LogP contribution is 2.31. The van der Waals surface area contributed by atoms with Gasteiger partial charge in [0.2, 0.25) is 11.6 Å². The summed E-state index contributed by atoms with van der Waals surface area (Å²) in [6, 6.07) is 7.76. The molecule has 0 aliphatic heterocycles. The molecule has 4 aromatic rings. The molecule has 9 nitrogen and oxygen atoms in total. The number of methoxy groups -OCH3 is 2. The first-order valence-electron chi connectivity index (χ1n) is 9.31. The quantitative estimate of drug-likeness (QED) is 0.441. The average Bonchev–Trinajstić information content (AvgIpc) is 2.78. The monoisotopic (exact) mass is 490 g/mol. The first-order chi connectivity index (χ1) is 15.7. The number of pyridine rings is 2. The van der Waals surface area contributed by atoms with Gasteiger partial charge < -0.3 is 9.47 Å². The van der Waals surface area contributed by atoms with Gasteiger partial charge >= 0.3 is 0 Å². The van der Waals surface area contributed by atoms with Crippen LogP contribution in [0.25, 0.3) is 16.8 Å². The van der Waals surface area contributed by atoms with Crippen molar-refractivity contribution in [2.75, 3.05) is 18.9 Å². The zero-order valence-corrected chi connectivity index (χ0v) is 18.8. The maximum Gasteiger partial charge on any atom is 0.300 e. The summed E-state index contributed by atoms with van der Waals surface area (Å²) in [4.78, 5) is 20.5. The summed E-state index contributed by atoms with van der Waals surface area (Å²) in [6.45, 7) is 0. The number of nitrogens with zero attached hydrogens (tertiary/aromatic N) is 3. The summed E-state index contributed by atoms with van der Waals surface area (Å²) in [5.74, 6) is -0.596. The molecule has 4 rings (SSSR count). The van der Waals surface area contributed by atoms with E-state index < -0.39 is 21.4 Å². The maximum absolute atomic E-state index is 13.3. The Balaban J connectivity index is 1.79. The highest BCUT2D eigenvalue weighted by molar-refractivity contribution is 7.92. The molecular weight excluding hydrogens is 475 g/mol. The summed E-state index contributed by atoms with van der Waals surface area (Å²) in [6.07, 6.45) is 4.33. The number of benzene rings is 1. The predicted molar refractivity (Wildman–Crippen MR) is 120 cm³/mol. The molecular formula is C21H16ClFN4O5S. The van der Waals surface area contributed by atoms with E-state index >= 15 is 0 Å². The van der Waals surface area contributed by atoms with Crippen molar-refractivity contribution >= 4 is 33.0 Å². The van der Waals surface area contributed by atoms with Gasteiger partial charge in [-0.25, -0.2) is 22.8 Å². The van der Waals surface area contributed by atoms with Crippen LogP contribution in [0, 0.1) is 5.82 Å². The number of sulfonamides is 1. The molecule has 0 fully saturated rings. The van der Waals surface area contributed by atoms with Crippen molar-refractivity contribution in [1.29, 1.82) is 0 Å². The molecule has 0 aliphatic rings. The number of hydrogen-bond acceptors (Lipinski definition) is 7. The number of hydrogen-bond donors (Lipinski definition) is 1. The van der Waals surface area contributed by atoms with Gasteiger partial charge in [-0.15, -0.1) is 0 Å². The lowest BCUT2D eigenvalue weighted by atomic mass is 10.1. The van der Waals surface area contributed by atoms with Crippen LogP contribution in [0.5, 0.6) is 11.6 Å². The SMILES string of the molecule is COc1ncc(-c2ccc3ncc(OC)c(=O)n3c2)cc1NS(=O)(=O)c1ccc(F)cc1Cl. The van der Waals surface area contributed by atoms with Gasteiger partial charge in [-0.2, -0.15) is 0 Å². The highest BCUT2D eigenvalue weighted by Gasteiger charge is 2.21. The molecule has 0 bridgehead atoms. The van der Waals surface area contributed by atoms with E-state index in [1.54, 1.807) is 12.1 Å². The normalized spacial score (nSPS) is 11.4. The van der Waals surface area contributed by atoms with Gasteiger partial charge in [0.25, 0.3) is 15.6 Å². The van der Waals surface area contributed by atoms with E-state index in [-0.39, 0.29) is 27.2 Å². The average molecular weight is 491 g/mol. The Kier molecular flexibility index (Phi) is 5.91. The van der Waals surface area contributed by atoms with Crippen molar-refractivity contribution in [3.63, 3.8) is 0 Å². The largest absolute Gasteiger partial charge is 0.490 e. The second kappa shape index (κ2) is 8.68. The highest BCUT2D eigenvalue weighted by atomic mass is 35.5. The lowest BCUT2D eigenvalue weighted by Gasteiger charge is -2.14. The Morgan fingerprint density at radius 1 is 1.03 bits per heavy atom. The minimum Gasteiger partial charge on any atom is -0.490 e. The van der Waals surface area contributed by atoms with Gasteiger partial charge in [0.15, 0.2) is 0 Å². The van der Waals surface area contributed by atoms with Crippen LogP contribution in [0.3, 0.4) is 0 Å². The van der Waals surface area contributed by atoms with Gasteiger partial charge in [0.1, 0.15) is 22.0 Å².